The lowest BCUT2D eigenvalue weighted by atomic mass is 9.92. The summed E-state index contributed by atoms with van der Waals surface area (Å²) in [4.78, 5) is 0.944. The summed E-state index contributed by atoms with van der Waals surface area (Å²) in [6.07, 6.45) is 2.50. The van der Waals surface area contributed by atoms with E-state index in [1.54, 1.807) is 11.8 Å². The lowest BCUT2D eigenvalue weighted by Crippen LogP contribution is -2.36. The largest absolute Gasteiger partial charge is 0.305 e. The van der Waals surface area contributed by atoms with Crippen LogP contribution in [-0.2, 0) is 0 Å². The maximum Gasteiger partial charge on any atom is 0.106 e. The fraction of sp³-hybridized carbons (Fsp3) is 0.667. The number of nitriles is 1. The van der Waals surface area contributed by atoms with Crippen LogP contribution in [0.15, 0.2) is 10.5 Å². The molecule has 0 saturated carbocycles. The molecule has 0 aromatic carbocycles. The highest BCUT2D eigenvalue weighted by Gasteiger charge is 2.34. The van der Waals surface area contributed by atoms with Gasteiger partial charge in [-0.2, -0.15) is 5.26 Å². The predicted octanol–water partition coefficient (Wildman–Crippen LogP) is 1.86. The van der Waals surface area contributed by atoms with E-state index in [0.29, 0.717) is 11.3 Å². The average molecular weight is 180 g/mol. The maximum atomic E-state index is 8.83. The van der Waals surface area contributed by atoms with E-state index in [0.717, 1.165) is 11.4 Å². The molecule has 0 aromatic rings. The molecule has 2 atom stereocenters. The molecule has 2 aliphatic rings. The fourth-order valence-corrected chi connectivity index (χ4v) is 3.28. The van der Waals surface area contributed by atoms with E-state index in [2.05, 4.69) is 18.3 Å². The van der Waals surface area contributed by atoms with Crippen molar-refractivity contribution in [1.29, 1.82) is 5.26 Å². The molecule has 2 unspecified atom stereocenters. The van der Waals surface area contributed by atoms with E-state index in [9.17, 15) is 0 Å². The van der Waals surface area contributed by atoms with E-state index in [-0.39, 0.29) is 0 Å². The molecule has 0 radical (unpaired) electrons. The van der Waals surface area contributed by atoms with Crippen molar-refractivity contribution in [2.75, 3.05) is 6.54 Å². The summed E-state index contributed by atoms with van der Waals surface area (Å²) in [6, 6.07) is 2.27. The van der Waals surface area contributed by atoms with E-state index in [1.807, 2.05) is 0 Å². The molecule has 3 heteroatoms. The van der Waals surface area contributed by atoms with Crippen molar-refractivity contribution >= 4 is 11.8 Å². The van der Waals surface area contributed by atoms with Crippen molar-refractivity contribution in [3.05, 3.63) is 10.5 Å². The van der Waals surface area contributed by atoms with Gasteiger partial charge in [0.25, 0.3) is 0 Å². The van der Waals surface area contributed by atoms with Gasteiger partial charge in [0.1, 0.15) is 6.07 Å². The van der Waals surface area contributed by atoms with Crippen LogP contribution in [0.3, 0.4) is 0 Å². The highest BCUT2D eigenvalue weighted by atomic mass is 32.2. The van der Waals surface area contributed by atoms with Crippen LogP contribution in [0, 0.1) is 17.2 Å². The number of nitrogens with one attached hydrogen (secondary N) is 1. The van der Waals surface area contributed by atoms with Crippen LogP contribution in [-0.4, -0.2) is 11.9 Å². The quantitative estimate of drug-likeness (QED) is 0.618. The van der Waals surface area contributed by atoms with Gasteiger partial charge in [-0.3, -0.25) is 0 Å². The third-order valence-electron chi connectivity index (χ3n) is 2.66. The maximum absolute atomic E-state index is 8.83. The van der Waals surface area contributed by atoms with Gasteiger partial charge in [0.05, 0.1) is 10.3 Å². The predicted molar refractivity (Wildman–Crippen MR) is 50.4 cm³/mol. The summed E-state index contributed by atoms with van der Waals surface area (Å²) in [5.41, 5.74) is 1.31. The second-order valence-corrected chi connectivity index (χ2v) is 4.52. The second kappa shape index (κ2) is 3.12. The van der Waals surface area contributed by atoms with Gasteiger partial charge in [0, 0.05) is 5.92 Å². The number of hydrogen-bond donors (Lipinski definition) is 1. The SMILES string of the molecule is CC1=C(C#N)SC2NCCCC12. The van der Waals surface area contributed by atoms with Crippen molar-refractivity contribution in [1.82, 2.24) is 5.32 Å². The monoisotopic (exact) mass is 180 g/mol. The molecule has 0 aliphatic carbocycles. The third kappa shape index (κ3) is 1.16. The van der Waals surface area contributed by atoms with Crippen LogP contribution in [0.2, 0.25) is 0 Å². The number of nitrogens with zero attached hydrogens (tertiary/aromatic N) is 1. The van der Waals surface area contributed by atoms with E-state index < -0.39 is 0 Å². The van der Waals surface area contributed by atoms with Crippen molar-refractivity contribution in [2.24, 2.45) is 5.92 Å². The Balaban J connectivity index is 2.20. The Morgan fingerprint density at radius 3 is 3.17 bits per heavy atom. The van der Waals surface area contributed by atoms with Crippen LogP contribution in [0.1, 0.15) is 19.8 Å². The first-order chi connectivity index (χ1) is 5.83. The Labute approximate surface area is 77.0 Å². The van der Waals surface area contributed by atoms with Crippen molar-refractivity contribution in [2.45, 2.75) is 25.1 Å². The molecule has 2 rings (SSSR count). The number of piperidine rings is 1. The van der Waals surface area contributed by atoms with Gasteiger partial charge in [0.2, 0.25) is 0 Å². The molecule has 1 saturated heterocycles. The molecule has 1 N–H and O–H groups in total. The average Bonchev–Trinajstić information content (AvgIpc) is 2.44. The van der Waals surface area contributed by atoms with Gasteiger partial charge >= 0.3 is 0 Å². The zero-order chi connectivity index (χ0) is 8.55. The van der Waals surface area contributed by atoms with Gasteiger partial charge in [0.15, 0.2) is 0 Å². The van der Waals surface area contributed by atoms with Crippen LogP contribution in [0.25, 0.3) is 0 Å². The van der Waals surface area contributed by atoms with E-state index >= 15 is 0 Å². The minimum atomic E-state index is 0.494. The fourth-order valence-electron chi connectivity index (χ4n) is 1.93. The van der Waals surface area contributed by atoms with Crippen LogP contribution < -0.4 is 5.32 Å². The van der Waals surface area contributed by atoms with Crippen molar-refractivity contribution in [3.8, 4) is 6.07 Å². The summed E-state index contributed by atoms with van der Waals surface area (Å²) < 4.78 is 0. The summed E-state index contributed by atoms with van der Waals surface area (Å²) in [7, 11) is 0. The highest BCUT2D eigenvalue weighted by molar-refractivity contribution is 8.04. The Bertz CT molecular complexity index is 264. The smallest absolute Gasteiger partial charge is 0.106 e. The second-order valence-electron chi connectivity index (χ2n) is 3.37. The molecule has 0 amide bonds. The summed E-state index contributed by atoms with van der Waals surface area (Å²) >= 11 is 1.71. The van der Waals surface area contributed by atoms with Gasteiger partial charge in [-0.15, -0.1) is 0 Å². The summed E-state index contributed by atoms with van der Waals surface area (Å²) in [6.45, 7) is 3.21. The minimum absolute atomic E-state index is 0.494. The molecule has 0 aromatic heterocycles. The molecule has 2 nitrogen and oxygen atoms in total. The Morgan fingerprint density at radius 1 is 1.67 bits per heavy atom. The molecule has 1 fully saturated rings. The van der Waals surface area contributed by atoms with Crippen LogP contribution in [0.4, 0.5) is 0 Å². The Hall–Kier alpha value is -0.460. The standard InChI is InChI=1S/C9H12N2S/c1-6-7-3-2-4-11-9(7)12-8(6)5-10/h7,9,11H,2-4H2,1H3. The first-order valence-electron chi connectivity index (χ1n) is 4.34. The zero-order valence-corrected chi connectivity index (χ0v) is 7.95. The first kappa shape index (κ1) is 8.15. The third-order valence-corrected chi connectivity index (χ3v) is 4.06. The molecule has 0 spiro atoms. The number of allylic oxidation sites excluding steroid dienone is 1. The number of thioether (sulfide) groups is 1. The lowest BCUT2D eigenvalue weighted by molar-refractivity contribution is 0.401. The molecule has 2 aliphatic heterocycles. The summed E-state index contributed by atoms with van der Waals surface area (Å²) in [5, 5.41) is 12.8. The van der Waals surface area contributed by atoms with Crippen molar-refractivity contribution in [3.63, 3.8) is 0 Å². The van der Waals surface area contributed by atoms with Crippen molar-refractivity contribution < 1.29 is 0 Å². The van der Waals surface area contributed by atoms with Crippen LogP contribution in [0.5, 0.6) is 0 Å². The Morgan fingerprint density at radius 2 is 2.50 bits per heavy atom. The molecule has 12 heavy (non-hydrogen) atoms. The lowest BCUT2D eigenvalue weighted by Gasteiger charge is -2.26. The Kier molecular flexibility index (Phi) is 2.12. The van der Waals surface area contributed by atoms with Gasteiger partial charge in [-0.1, -0.05) is 11.8 Å². The number of rotatable bonds is 0. The number of fused-ring (bicyclic) bond motifs is 1. The molecule has 64 valence electrons. The van der Waals surface area contributed by atoms with Crippen LogP contribution >= 0.6 is 11.8 Å². The molecular formula is C9H12N2S. The van der Waals surface area contributed by atoms with Gasteiger partial charge in [-0.05, 0) is 31.9 Å². The van der Waals surface area contributed by atoms with E-state index in [4.69, 9.17) is 5.26 Å². The van der Waals surface area contributed by atoms with E-state index in [1.165, 1.54) is 18.4 Å². The topological polar surface area (TPSA) is 35.8 Å². The molecule has 0 bridgehead atoms. The minimum Gasteiger partial charge on any atom is -0.305 e. The first-order valence-corrected chi connectivity index (χ1v) is 5.22. The summed E-state index contributed by atoms with van der Waals surface area (Å²) in [5.74, 6) is 0.624. The number of hydrogen-bond acceptors (Lipinski definition) is 3. The molecular weight excluding hydrogens is 168 g/mol. The zero-order valence-electron chi connectivity index (χ0n) is 7.13. The molecule has 2 heterocycles. The van der Waals surface area contributed by atoms with Gasteiger partial charge in [-0.25, -0.2) is 0 Å². The van der Waals surface area contributed by atoms with Gasteiger partial charge < -0.3 is 5.32 Å². The highest BCUT2D eigenvalue weighted by Crippen LogP contribution is 2.43. The normalized spacial score (nSPS) is 34.7.